The number of rotatable bonds is 6. The van der Waals surface area contributed by atoms with Gasteiger partial charge in [0, 0.05) is 12.6 Å². The fraction of sp³-hybridized carbons (Fsp3) is 0.158. The van der Waals surface area contributed by atoms with Crippen LogP contribution in [0.1, 0.15) is 22.9 Å². The van der Waals surface area contributed by atoms with Crippen LogP contribution in [0.5, 0.6) is 0 Å². The number of carbonyl (C=O) groups excluding carboxylic acids is 1. The molecule has 0 aliphatic rings. The van der Waals surface area contributed by atoms with Crippen LogP contribution in [-0.2, 0) is 11.3 Å². The van der Waals surface area contributed by atoms with Gasteiger partial charge in [-0.3, -0.25) is 10.1 Å². The molecular weight excluding hydrogens is 302 g/mol. The van der Waals surface area contributed by atoms with Crippen LogP contribution in [0.2, 0.25) is 0 Å². The molecule has 0 saturated heterocycles. The van der Waals surface area contributed by atoms with Crippen molar-refractivity contribution in [2.75, 3.05) is 5.32 Å². The molecular formula is C19H19N3O2. The molecule has 3 rings (SSSR count). The summed E-state index contributed by atoms with van der Waals surface area (Å²) in [6, 6.07) is 20.8. The summed E-state index contributed by atoms with van der Waals surface area (Å²) in [7, 11) is 0. The highest BCUT2D eigenvalue weighted by atomic mass is 16.5. The van der Waals surface area contributed by atoms with E-state index < -0.39 is 6.04 Å². The maximum atomic E-state index is 12.7. The number of nitrogens with zero attached hydrogens (tertiary/aromatic N) is 1. The third kappa shape index (κ3) is 4.08. The van der Waals surface area contributed by atoms with E-state index in [9.17, 15) is 4.79 Å². The maximum absolute atomic E-state index is 12.7. The number of hydrogen-bond donors (Lipinski definition) is 2. The molecule has 1 unspecified atom stereocenters. The molecule has 0 fully saturated rings. The Labute approximate surface area is 140 Å². The first kappa shape index (κ1) is 16.0. The summed E-state index contributed by atoms with van der Waals surface area (Å²) in [4.78, 5) is 12.7. The van der Waals surface area contributed by atoms with E-state index >= 15 is 0 Å². The highest BCUT2D eigenvalue weighted by molar-refractivity contribution is 5.94. The summed E-state index contributed by atoms with van der Waals surface area (Å²) in [5.74, 6) is 0.893. The van der Waals surface area contributed by atoms with E-state index in [1.807, 2.05) is 60.7 Å². The van der Waals surface area contributed by atoms with Crippen LogP contribution in [0, 0.1) is 6.92 Å². The van der Waals surface area contributed by atoms with E-state index in [0.717, 1.165) is 11.1 Å². The minimum absolute atomic E-state index is 0.176. The van der Waals surface area contributed by atoms with Gasteiger partial charge in [-0.25, -0.2) is 0 Å². The first-order valence-electron chi connectivity index (χ1n) is 7.79. The molecule has 1 heterocycles. The minimum atomic E-state index is -0.483. The van der Waals surface area contributed by atoms with Gasteiger partial charge in [-0.05, 0) is 18.1 Å². The Morgan fingerprint density at radius 2 is 1.75 bits per heavy atom. The van der Waals surface area contributed by atoms with E-state index in [1.165, 1.54) is 0 Å². The fourth-order valence-electron chi connectivity index (χ4n) is 2.45. The fourth-order valence-corrected chi connectivity index (χ4v) is 2.45. The predicted octanol–water partition coefficient (Wildman–Crippen LogP) is 3.45. The largest absolute Gasteiger partial charge is 0.360 e. The molecule has 1 atom stereocenters. The normalized spacial score (nSPS) is 11.9. The van der Waals surface area contributed by atoms with E-state index in [0.29, 0.717) is 18.1 Å². The molecule has 2 N–H and O–H groups in total. The Balaban J connectivity index is 1.75. The molecule has 0 aliphatic heterocycles. The lowest BCUT2D eigenvalue weighted by molar-refractivity contribution is -0.118. The van der Waals surface area contributed by atoms with Gasteiger partial charge in [0.2, 0.25) is 5.91 Å². The third-order valence-electron chi connectivity index (χ3n) is 3.63. The van der Waals surface area contributed by atoms with Crippen molar-refractivity contribution in [3.8, 4) is 0 Å². The molecule has 5 nitrogen and oxygen atoms in total. The zero-order valence-electron chi connectivity index (χ0n) is 13.4. The maximum Gasteiger partial charge on any atom is 0.247 e. The summed E-state index contributed by atoms with van der Waals surface area (Å²) in [6.45, 7) is 2.37. The summed E-state index contributed by atoms with van der Waals surface area (Å²) in [6.07, 6.45) is 0. The van der Waals surface area contributed by atoms with Crippen LogP contribution < -0.4 is 10.6 Å². The number of anilines is 1. The first-order chi connectivity index (χ1) is 11.7. The number of benzene rings is 2. The number of aryl methyl sites for hydroxylation is 1. The first-order valence-corrected chi connectivity index (χ1v) is 7.79. The number of carbonyl (C=O) groups is 1. The second-order valence-corrected chi connectivity index (χ2v) is 5.52. The molecule has 3 aromatic rings. The lowest BCUT2D eigenvalue weighted by Crippen LogP contribution is -2.32. The topological polar surface area (TPSA) is 67.2 Å². The second-order valence-electron chi connectivity index (χ2n) is 5.52. The van der Waals surface area contributed by atoms with Crippen LogP contribution in [-0.4, -0.2) is 11.1 Å². The molecule has 0 saturated carbocycles. The van der Waals surface area contributed by atoms with Gasteiger partial charge in [-0.2, -0.15) is 0 Å². The summed E-state index contributed by atoms with van der Waals surface area (Å²) >= 11 is 0. The van der Waals surface area contributed by atoms with E-state index in [2.05, 4.69) is 15.8 Å². The monoisotopic (exact) mass is 321 g/mol. The Bertz CT molecular complexity index is 785. The van der Waals surface area contributed by atoms with Gasteiger partial charge < -0.3 is 9.84 Å². The second kappa shape index (κ2) is 7.57. The van der Waals surface area contributed by atoms with Crippen molar-refractivity contribution in [2.45, 2.75) is 19.5 Å². The van der Waals surface area contributed by atoms with Crippen LogP contribution in [0.3, 0.4) is 0 Å². The van der Waals surface area contributed by atoms with E-state index in [4.69, 9.17) is 4.52 Å². The van der Waals surface area contributed by atoms with Crippen molar-refractivity contribution in [3.05, 3.63) is 83.6 Å². The summed E-state index contributed by atoms with van der Waals surface area (Å²) in [5.41, 5.74) is 2.01. The average molecular weight is 321 g/mol. The Morgan fingerprint density at radius 3 is 2.38 bits per heavy atom. The molecule has 2 aromatic carbocycles. The van der Waals surface area contributed by atoms with Gasteiger partial charge in [0.1, 0.15) is 11.8 Å². The minimum Gasteiger partial charge on any atom is -0.360 e. The molecule has 0 radical (unpaired) electrons. The van der Waals surface area contributed by atoms with Crippen molar-refractivity contribution in [2.24, 2.45) is 0 Å². The van der Waals surface area contributed by atoms with Gasteiger partial charge in [0.05, 0.1) is 0 Å². The van der Waals surface area contributed by atoms with Crippen molar-refractivity contribution in [1.82, 2.24) is 10.5 Å². The van der Waals surface area contributed by atoms with Gasteiger partial charge in [-0.15, -0.1) is 0 Å². The average Bonchev–Trinajstić information content (AvgIpc) is 3.02. The van der Waals surface area contributed by atoms with Gasteiger partial charge >= 0.3 is 0 Å². The number of nitrogens with one attached hydrogen (secondary N) is 2. The number of aromatic nitrogens is 1. The number of hydrogen-bond acceptors (Lipinski definition) is 4. The Kier molecular flexibility index (Phi) is 5.03. The smallest absolute Gasteiger partial charge is 0.247 e. The lowest BCUT2D eigenvalue weighted by atomic mass is 10.1. The molecule has 24 heavy (non-hydrogen) atoms. The highest BCUT2D eigenvalue weighted by Crippen LogP contribution is 2.17. The van der Waals surface area contributed by atoms with E-state index in [1.54, 1.807) is 13.0 Å². The quantitative estimate of drug-likeness (QED) is 0.730. The molecule has 0 spiro atoms. The van der Waals surface area contributed by atoms with E-state index in [-0.39, 0.29) is 5.91 Å². The van der Waals surface area contributed by atoms with Crippen LogP contribution in [0.4, 0.5) is 5.82 Å². The Morgan fingerprint density at radius 1 is 1.08 bits per heavy atom. The molecule has 0 aliphatic carbocycles. The van der Waals surface area contributed by atoms with Crippen LogP contribution in [0.15, 0.2) is 71.3 Å². The Hall–Kier alpha value is -2.92. The zero-order valence-corrected chi connectivity index (χ0v) is 13.4. The molecule has 0 bridgehead atoms. The van der Waals surface area contributed by atoms with Crippen LogP contribution in [0.25, 0.3) is 0 Å². The molecule has 5 heteroatoms. The molecule has 1 amide bonds. The van der Waals surface area contributed by atoms with Crippen LogP contribution >= 0.6 is 0 Å². The number of amides is 1. The van der Waals surface area contributed by atoms with Crippen molar-refractivity contribution < 1.29 is 9.32 Å². The molecule has 122 valence electrons. The SMILES string of the molecule is Cc1cc(NC(=O)C(NCc2ccccc2)c2ccccc2)no1. The predicted molar refractivity (Wildman–Crippen MR) is 92.3 cm³/mol. The van der Waals surface area contributed by atoms with Crippen molar-refractivity contribution >= 4 is 11.7 Å². The van der Waals surface area contributed by atoms with Gasteiger partial charge in [0.25, 0.3) is 0 Å². The molecule has 1 aromatic heterocycles. The lowest BCUT2D eigenvalue weighted by Gasteiger charge is -2.18. The summed E-state index contributed by atoms with van der Waals surface area (Å²) in [5, 5.41) is 9.92. The summed E-state index contributed by atoms with van der Waals surface area (Å²) < 4.78 is 4.99. The third-order valence-corrected chi connectivity index (χ3v) is 3.63. The zero-order chi connectivity index (χ0) is 16.8. The highest BCUT2D eigenvalue weighted by Gasteiger charge is 2.21. The van der Waals surface area contributed by atoms with Gasteiger partial charge in [-0.1, -0.05) is 65.8 Å². The standard InChI is InChI=1S/C19H19N3O2/c1-14-12-17(22-24-14)21-19(23)18(16-10-6-3-7-11-16)20-13-15-8-4-2-5-9-15/h2-12,18,20H,13H2,1H3,(H,21,22,23). The van der Waals surface area contributed by atoms with Gasteiger partial charge in [0.15, 0.2) is 5.82 Å². The van der Waals surface area contributed by atoms with Crippen molar-refractivity contribution in [1.29, 1.82) is 0 Å². The van der Waals surface area contributed by atoms with Crippen molar-refractivity contribution in [3.63, 3.8) is 0 Å².